The van der Waals surface area contributed by atoms with Gasteiger partial charge in [-0.05, 0) is 48.3 Å². The van der Waals surface area contributed by atoms with E-state index in [1.807, 2.05) is 61.0 Å². The van der Waals surface area contributed by atoms with Crippen LogP contribution in [0.3, 0.4) is 0 Å². The molecule has 0 fully saturated rings. The van der Waals surface area contributed by atoms with E-state index in [0.29, 0.717) is 17.1 Å². The van der Waals surface area contributed by atoms with Crippen molar-refractivity contribution in [2.45, 2.75) is 19.5 Å². The fourth-order valence-corrected chi connectivity index (χ4v) is 3.99. The molecule has 142 valence electrons. The average molecular weight is 411 g/mol. The van der Waals surface area contributed by atoms with Crippen molar-refractivity contribution >= 4 is 29.5 Å². The van der Waals surface area contributed by atoms with Gasteiger partial charge in [0.05, 0.1) is 10.6 Å². The van der Waals surface area contributed by atoms with Crippen molar-refractivity contribution in [3.63, 3.8) is 0 Å². The lowest BCUT2D eigenvalue weighted by Crippen LogP contribution is -2.31. The molecular formula is C19H18N6OS2. The van der Waals surface area contributed by atoms with E-state index in [1.54, 1.807) is 26.8 Å². The maximum atomic E-state index is 12.8. The third kappa shape index (κ3) is 3.54. The van der Waals surface area contributed by atoms with Gasteiger partial charge >= 0.3 is 0 Å². The van der Waals surface area contributed by atoms with Crippen molar-refractivity contribution in [2.75, 3.05) is 0 Å². The summed E-state index contributed by atoms with van der Waals surface area (Å²) in [7, 11) is 0. The van der Waals surface area contributed by atoms with E-state index in [9.17, 15) is 4.79 Å². The van der Waals surface area contributed by atoms with Gasteiger partial charge in [-0.15, -0.1) is 11.3 Å². The summed E-state index contributed by atoms with van der Waals surface area (Å²) in [4.78, 5) is 13.8. The van der Waals surface area contributed by atoms with Gasteiger partial charge in [0.1, 0.15) is 6.04 Å². The number of hydrogen-bond acceptors (Lipinski definition) is 5. The highest BCUT2D eigenvalue weighted by atomic mass is 32.1. The number of thiophene rings is 1. The molecule has 0 spiro atoms. The summed E-state index contributed by atoms with van der Waals surface area (Å²) in [5.74, 6) is 0.533. The maximum Gasteiger partial charge on any atom is 0.243 e. The molecule has 0 saturated heterocycles. The predicted molar refractivity (Wildman–Crippen MR) is 111 cm³/mol. The number of benzene rings is 1. The second-order valence-electron chi connectivity index (χ2n) is 6.17. The van der Waals surface area contributed by atoms with E-state index in [-0.39, 0.29) is 5.91 Å². The number of aromatic nitrogens is 5. The van der Waals surface area contributed by atoms with Crippen LogP contribution >= 0.6 is 23.6 Å². The minimum absolute atomic E-state index is 0.134. The molecule has 9 heteroatoms. The summed E-state index contributed by atoms with van der Waals surface area (Å²) in [5, 5.41) is 16.3. The number of nitrogens with one attached hydrogen (secondary N) is 2. The lowest BCUT2D eigenvalue weighted by Gasteiger charge is -2.16. The fourth-order valence-electron chi connectivity index (χ4n) is 2.99. The molecule has 28 heavy (non-hydrogen) atoms. The molecule has 0 aliphatic rings. The maximum absolute atomic E-state index is 12.8. The van der Waals surface area contributed by atoms with Crippen molar-refractivity contribution in [3.05, 3.63) is 70.6 Å². The lowest BCUT2D eigenvalue weighted by atomic mass is 10.1. The van der Waals surface area contributed by atoms with Gasteiger partial charge < -0.3 is 5.32 Å². The van der Waals surface area contributed by atoms with E-state index in [1.165, 1.54) is 0 Å². The average Bonchev–Trinajstić information content (AvgIpc) is 3.47. The van der Waals surface area contributed by atoms with E-state index >= 15 is 0 Å². The Kier molecular flexibility index (Phi) is 5.18. The largest absolute Gasteiger partial charge is 0.350 e. The summed E-state index contributed by atoms with van der Waals surface area (Å²) >= 11 is 6.90. The minimum Gasteiger partial charge on any atom is -0.350 e. The molecule has 0 saturated carbocycles. The van der Waals surface area contributed by atoms with Crippen LogP contribution in [0.2, 0.25) is 0 Å². The Balaban J connectivity index is 1.53. The van der Waals surface area contributed by atoms with Gasteiger partial charge in [-0.25, -0.2) is 4.68 Å². The zero-order valence-electron chi connectivity index (χ0n) is 15.1. The Hall–Kier alpha value is -3.04. The molecule has 4 rings (SSSR count). The molecule has 1 amide bonds. The van der Waals surface area contributed by atoms with Crippen LogP contribution in [0.25, 0.3) is 16.4 Å². The van der Waals surface area contributed by atoms with Crippen LogP contribution in [0, 0.1) is 4.77 Å². The third-order valence-corrected chi connectivity index (χ3v) is 5.56. The summed E-state index contributed by atoms with van der Waals surface area (Å²) in [6.07, 6.45) is 3.60. The molecule has 0 radical (unpaired) electrons. The first kappa shape index (κ1) is 18.3. The summed E-state index contributed by atoms with van der Waals surface area (Å²) in [5.41, 5.74) is 1.90. The molecule has 7 nitrogen and oxygen atoms in total. The van der Waals surface area contributed by atoms with Gasteiger partial charge in [-0.2, -0.15) is 10.2 Å². The number of carbonyl (C=O) groups excluding carboxylic acids is 1. The van der Waals surface area contributed by atoms with Gasteiger partial charge in [0.15, 0.2) is 10.6 Å². The number of aromatic amines is 1. The summed E-state index contributed by atoms with van der Waals surface area (Å²) in [6.45, 7) is 2.20. The first-order valence-corrected chi connectivity index (χ1v) is 10.0. The molecule has 0 aliphatic carbocycles. The SMILES string of the molecule is CC(C(=O)NCc1ccccc1-n1cccn1)n1c(-c2cccs2)n[nH]c1=S. The molecule has 0 bridgehead atoms. The highest BCUT2D eigenvalue weighted by Crippen LogP contribution is 2.25. The van der Waals surface area contributed by atoms with Crippen LogP contribution < -0.4 is 5.32 Å². The van der Waals surface area contributed by atoms with Crippen LogP contribution in [0.1, 0.15) is 18.5 Å². The Morgan fingerprint density at radius 1 is 1.29 bits per heavy atom. The van der Waals surface area contributed by atoms with Gasteiger partial charge in [0.25, 0.3) is 0 Å². The van der Waals surface area contributed by atoms with Crippen LogP contribution in [0.4, 0.5) is 0 Å². The van der Waals surface area contributed by atoms with E-state index in [2.05, 4.69) is 20.6 Å². The van der Waals surface area contributed by atoms with Gasteiger partial charge in [0.2, 0.25) is 5.91 Å². The van der Waals surface area contributed by atoms with Crippen molar-refractivity contribution in [2.24, 2.45) is 0 Å². The molecule has 3 aromatic heterocycles. The predicted octanol–water partition coefficient (Wildman–Crippen LogP) is 3.73. The lowest BCUT2D eigenvalue weighted by molar-refractivity contribution is -0.124. The minimum atomic E-state index is -0.500. The Morgan fingerprint density at radius 2 is 2.14 bits per heavy atom. The number of carbonyl (C=O) groups is 1. The normalized spacial score (nSPS) is 12.0. The second-order valence-corrected chi connectivity index (χ2v) is 7.51. The molecule has 3 heterocycles. The van der Waals surface area contributed by atoms with Crippen molar-refractivity contribution in [3.8, 4) is 16.4 Å². The molecule has 1 atom stereocenters. The van der Waals surface area contributed by atoms with Crippen molar-refractivity contribution < 1.29 is 4.79 Å². The first-order valence-electron chi connectivity index (χ1n) is 8.71. The van der Waals surface area contributed by atoms with Crippen LogP contribution in [0.15, 0.2) is 60.2 Å². The molecule has 4 aromatic rings. The standard InChI is InChI=1S/C19H18N6OS2/c1-13(25-17(22-23-19(25)27)16-8-4-11-28-16)18(26)20-12-14-6-2-3-7-15(14)24-10-5-9-21-24/h2-11,13H,12H2,1H3,(H,20,26)(H,23,27). The quantitative estimate of drug-likeness (QED) is 0.475. The van der Waals surface area contributed by atoms with Crippen molar-refractivity contribution in [1.29, 1.82) is 0 Å². The highest BCUT2D eigenvalue weighted by molar-refractivity contribution is 7.71. The number of para-hydroxylation sites is 1. The van der Waals surface area contributed by atoms with Crippen LogP contribution in [0.5, 0.6) is 0 Å². The second kappa shape index (κ2) is 7.91. The van der Waals surface area contributed by atoms with Crippen LogP contribution in [-0.4, -0.2) is 30.5 Å². The summed E-state index contributed by atoms with van der Waals surface area (Å²) < 4.78 is 3.95. The zero-order chi connectivity index (χ0) is 19.5. The van der Waals surface area contributed by atoms with E-state index in [0.717, 1.165) is 16.1 Å². The van der Waals surface area contributed by atoms with E-state index in [4.69, 9.17) is 12.2 Å². The van der Waals surface area contributed by atoms with E-state index < -0.39 is 6.04 Å². The van der Waals surface area contributed by atoms with Gasteiger partial charge in [-0.3, -0.25) is 14.5 Å². The third-order valence-electron chi connectivity index (χ3n) is 4.41. The van der Waals surface area contributed by atoms with Crippen molar-refractivity contribution in [1.82, 2.24) is 29.9 Å². The molecule has 1 aromatic carbocycles. The number of hydrogen-bond donors (Lipinski definition) is 2. The molecule has 1 unspecified atom stereocenters. The fraction of sp³-hybridized carbons (Fsp3) is 0.158. The number of rotatable bonds is 6. The Morgan fingerprint density at radius 3 is 2.89 bits per heavy atom. The highest BCUT2D eigenvalue weighted by Gasteiger charge is 2.21. The molecule has 2 N–H and O–H groups in total. The monoisotopic (exact) mass is 410 g/mol. The molecule has 0 aliphatic heterocycles. The van der Waals surface area contributed by atoms with Crippen LogP contribution in [-0.2, 0) is 11.3 Å². The number of amides is 1. The topological polar surface area (TPSA) is 80.5 Å². The Bertz CT molecular complexity index is 1130. The number of nitrogens with zero attached hydrogens (tertiary/aromatic N) is 4. The van der Waals surface area contributed by atoms with Gasteiger partial charge in [-0.1, -0.05) is 24.3 Å². The smallest absolute Gasteiger partial charge is 0.243 e. The first-order chi connectivity index (χ1) is 13.6. The molecular weight excluding hydrogens is 392 g/mol. The Labute approximate surface area is 170 Å². The zero-order valence-corrected chi connectivity index (χ0v) is 16.7. The number of H-pyrrole nitrogens is 1. The summed E-state index contributed by atoms with van der Waals surface area (Å²) in [6, 6.07) is 13.1. The van der Waals surface area contributed by atoms with Gasteiger partial charge in [0, 0.05) is 18.9 Å².